The van der Waals surface area contributed by atoms with Crippen molar-refractivity contribution >= 4 is 0 Å². The lowest BCUT2D eigenvalue weighted by atomic mass is 9.92. The van der Waals surface area contributed by atoms with Crippen LogP contribution in [0.3, 0.4) is 0 Å². The summed E-state index contributed by atoms with van der Waals surface area (Å²) >= 11 is 0. The molecule has 0 bridgehead atoms. The van der Waals surface area contributed by atoms with E-state index in [1.165, 1.54) is 51.4 Å². The molecule has 2 unspecified atom stereocenters. The minimum absolute atomic E-state index is 0.891. The van der Waals surface area contributed by atoms with E-state index in [-0.39, 0.29) is 0 Å². The van der Waals surface area contributed by atoms with Crippen molar-refractivity contribution in [2.24, 2.45) is 23.7 Å². The van der Waals surface area contributed by atoms with Gasteiger partial charge in [0, 0.05) is 0 Å². The average Bonchev–Trinajstić information content (AvgIpc) is 2.99. The van der Waals surface area contributed by atoms with Crippen LogP contribution in [0.1, 0.15) is 79.1 Å². The summed E-state index contributed by atoms with van der Waals surface area (Å²) in [6, 6.07) is 0. The Morgan fingerprint density at radius 2 is 1.38 bits per heavy atom. The second-order valence-electron chi connectivity index (χ2n) is 6.68. The maximum absolute atomic E-state index is 2.46. The highest BCUT2D eigenvalue weighted by molar-refractivity contribution is 4.78. The monoisotopic (exact) mass is 224 g/mol. The van der Waals surface area contributed by atoms with E-state index in [0.717, 1.165) is 23.7 Å². The predicted octanol–water partition coefficient (Wildman–Crippen LogP) is 5.67. The van der Waals surface area contributed by atoms with Crippen LogP contribution in [0, 0.1) is 23.7 Å². The van der Waals surface area contributed by atoms with Gasteiger partial charge in [0.25, 0.3) is 0 Å². The van der Waals surface area contributed by atoms with Crippen molar-refractivity contribution in [2.45, 2.75) is 79.1 Å². The van der Waals surface area contributed by atoms with Crippen LogP contribution in [0.5, 0.6) is 0 Å². The highest BCUT2D eigenvalue weighted by atomic mass is 14.3. The second kappa shape index (κ2) is 7.35. The fourth-order valence-corrected chi connectivity index (χ4v) is 2.71. The Balaban J connectivity index is 1.90. The molecule has 0 saturated heterocycles. The van der Waals surface area contributed by atoms with Crippen molar-refractivity contribution in [1.29, 1.82) is 0 Å². The van der Waals surface area contributed by atoms with E-state index in [4.69, 9.17) is 0 Å². The standard InChI is InChI=1S/C16H32/c1-13(2)7-5-8-14(3)9-6-10-15(4)16-11-12-16/h13-16H,5-12H2,1-4H3. The van der Waals surface area contributed by atoms with Gasteiger partial charge < -0.3 is 0 Å². The van der Waals surface area contributed by atoms with Gasteiger partial charge in [-0.1, -0.05) is 66.2 Å². The van der Waals surface area contributed by atoms with Gasteiger partial charge in [-0.05, 0) is 36.5 Å². The van der Waals surface area contributed by atoms with Crippen molar-refractivity contribution in [1.82, 2.24) is 0 Å². The van der Waals surface area contributed by atoms with Gasteiger partial charge in [0.2, 0.25) is 0 Å². The summed E-state index contributed by atoms with van der Waals surface area (Å²) in [6.45, 7) is 9.58. The molecule has 1 rings (SSSR count). The Bertz CT molecular complexity index is 167. The van der Waals surface area contributed by atoms with Gasteiger partial charge in [0.05, 0.1) is 0 Å². The minimum Gasteiger partial charge on any atom is -0.0628 e. The highest BCUT2D eigenvalue weighted by Crippen LogP contribution is 2.39. The number of hydrogen-bond acceptors (Lipinski definition) is 0. The topological polar surface area (TPSA) is 0 Å². The van der Waals surface area contributed by atoms with Crippen molar-refractivity contribution in [3.8, 4) is 0 Å². The van der Waals surface area contributed by atoms with Gasteiger partial charge in [-0.3, -0.25) is 0 Å². The molecule has 0 N–H and O–H groups in total. The van der Waals surface area contributed by atoms with Gasteiger partial charge in [0.1, 0.15) is 0 Å². The summed E-state index contributed by atoms with van der Waals surface area (Å²) in [6.07, 6.45) is 11.8. The second-order valence-corrected chi connectivity index (χ2v) is 6.68. The van der Waals surface area contributed by atoms with E-state index >= 15 is 0 Å². The third-order valence-electron chi connectivity index (χ3n) is 4.26. The Morgan fingerprint density at radius 3 is 1.88 bits per heavy atom. The van der Waals surface area contributed by atoms with Crippen molar-refractivity contribution < 1.29 is 0 Å². The molecule has 0 radical (unpaired) electrons. The molecule has 1 aliphatic carbocycles. The third kappa shape index (κ3) is 6.55. The smallest absolute Gasteiger partial charge is 0.0388 e. The van der Waals surface area contributed by atoms with Crippen LogP contribution in [0.15, 0.2) is 0 Å². The number of rotatable bonds is 9. The van der Waals surface area contributed by atoms with Crippen LogP contribution < -0.4 is 0 Å². The summed E-state index contributed by atoms with van der Waals surface area (Å²) in [4.78, 5) is 0. The SMILES string of the molecule is CC(C)CCCC(C)CCCC(C)C1CC1. The molecule has 0 heteroatoms. The van der Waals surface area contributed by atoms with E-state index in [2.05, 4.69) is 27.7 Å². The molecule has 0 heterocycles. The lowest BCUT2D eigenvalue weighted by Gasteiger charge is -2.14. The maximum atomic E-state index is 2.46. The van der Waals surface area contributed by atoms with Crippen LogP contribution in [0.4, 0.5) is 0 Å². The third-order valence-corrected chi connectivity index (χ3v) is 4.26. The van der Waals surface area contributed by atoms with Gasteiger partial charge in [-0.15, -0.1) is 0 Å². The van der Waals surface area contributed by atoms with E-state index in [0.29, 0.717) is 0 Å². The molecule has 1 saturated carbocycles. The Morgan fingerprint density at radius 1 is 0.812 bits per heavy atom. The largest absolute Gasteiger partial charge is 0.0628 e. The lowest BCUT2D eigenvalue weighted by molar-refractivity contribution is 0.385. The zero-order valence-electron chi connectivity index (χ0n) is 12.0. The first-order valence-corrected chi connectivity index (χ1v) is 7.59. The minimum atomic E-state index is 0.891. The van der Waals surface area contributed by atoms with Crippen molar-refractivity contribution in [3.63, 3.8) is 0 Å². The predicted molar refractivity (Wildman–Crippen MR) is 73.6 cm³/mol. The normalized spacial score (nSPS) is 20.1. The van der Waals surface area contributed by atoms with Crippen molar-refractivity contribution in [2.75, 3.05) is 0 Å². The van der Waals surface area contributed by atoms with Crippen molar-refractivity contribution in [3.05, 3.63) is 0 Å². The van der Waals surface area contributed by atoms with Gasteiger partial charge in [-0.25, -0.2) is 0 Å². The van der Waals surface area contributed by atoms with Gasteiger partial charge in [-0.2, -0.15) is 0 Å². The van der Waals surface area contributed by atoms with Gasteiger partial charge in [0.15, 0.2) is 0 Å². The number of hydrogen-bond donors (Lipinski definition) is 0. The van der Waals surface area contributed by atoms with E-state index in [1.54, 1.807) is 0 Å². The fourth-order valence-electron chi connectivity index (χ4n) is 2.71. The summed E-state index contributed by atoms with van der Waals surface area (Å²) in [5.74, 6) is 3.98. The molecule has 0 spiro atoms. The highest BCUT2D eigenvalue weighted by Gasteiger charge is 2.27. The van der Waals surface area contributed by atoms with Crippen LogP contribution in [0.2, 0.25) is 0 Å². The molecule has 0 amide bonds. The lowest BCUT2D eigenvalue weighted by Crippen LogP contribution is -2.01. The fraction of sp³-hybridized carbons (Fsp3) is 1.00. The summed E-state index contributed by atoms with van der Waals surface area (Å²) in [5, 5.41) is 0. The maximum Gasteiger partial charge on any atom is -0.0388 e. The molecule has 0 aromatic carbocycles. The summed E-state index contributed by atoms with van der Waals surface area (Å²) in [5.41, 5.74) is 0. The van der Waals surface area contributed by atoms with Gasteiger partial charge >= 0.3 is 0 Å². The molecule has 2 atom stereocenters. The van der Waals surface area contributed by atoms with E-state index < -0.39 is 0 Å². The first-order valence-electron chi connectivity index (χ1n) is 7.59. The summed E-state index contributed by atoms with van der Waals surface area (Å²) < 4.78 is 0. The summed E-state index contributed by atoms with van der Waals surface area (Å²) in [7, 11) is 0. The zero-order chi connectivity index (χ0) is 12.0. The average molecular weight is 224 g/mol. The van der Waals surface area contributed by atoms with Crippen LogP contribution in [0.25, 0.3) is 0 Å². The Labute approximate surface area is 103 Å². The van der Waals surface area contributed by atoms with E-state index in [9.17, 15) is 0 Å². The molecular weight excluding hydrogens is 192 g/mol. The molecule has 16 heavy (non-hydrogen) atoms. The molecule has 0 aromatic rings. The molecular formula is C16H32. The van der Waals surface area contributed by atoms with E-state index in [1.807, 2.05) is 0 Å². The molecule has 0 nitrogen and oxygen atoms in total. The quantitative estimate of drug-likeness (QED) is 0.473. The van der Waals surface area contributed by atoms with Crippen LogP contribution in [-0.2, 0) is 0 Å². The molecule has 0 aliphatic heterocycles. The first-order chi connectivity index (χ1) is 7.59. The molecule has 1 aliphatic rings. The van der Waals surface area contributed by atoms with Crippen LogP contribution in [-0.4, -0.2) is 0 Å². The zero-order valence-corrected chi connectivity index (χ0v) is 12.0. The molecule has 96 valence electrons. The first kappa shape index (κ1) is 14.1. The van der Waals surface area contributed by atoms with Crippen LogP contribution >= 0.6 is 0 Å². The molecule has 1 fully saturated rings. The Kier molecular flexibility index (Phi) is 6.46. The Hall–Kier alpha value is 0. The molecule has 0 aromatic heterocycles.